The summed E-state index contributed by atoms with van der Waals surface area (Å²) in [7, 11) is 0. The number of hydrogen-bond acceptors (Lipinski definition) is 7. The number of halogens is 5. The van der Waals surface area contributed by atoms with Gasteiger partial charge < -0.3 is 10.6 Å². The summed E-state index contributed by atoms with van der Waals surface area (Å²) in [6, 6.07) is 0.295. The highest BCUT2D eigenvalue weighted by atomic mass is 19.3. The number of hydrogen-bond donors (Lipinski definition) is 2. The van der Waals surface area contributed by atoms with E-state index in [4.69, 9.17) is 0 Å². The summed E-state index contributed by atoms with van der Waals surface area (Å²) in [6.45, 7) is 1.52. The summed E-state index contributed by atoms with van der Waals surface area (Å²) in [5, 5.41) is 5.90. The molecule has 2 aromatic heterocycles. The second-order valence-corrected chi connectivity index (χ2v) is 8.35. The fourth-order valence-electron chi connectivity index (χ4n) is 3.96. The molecular weight excluding hydrogens is 421 g/mol. The smallest absolute Gasteiger partial charge is 0.280 e. The summed E-state index contributed by atoms with van der Waals surface area (Å²) in [5.74, 6) is -2.93. The van der Waals surface area contributed by atoms with Crippen LogP contribution in [0.1, 0.15) is 57.6 Å². The minimum absolute atomic E-state index is 0.00209. The number of anilines is 2. The molecule has 2 aliphatic carbocycles. The van der Waals surface area contributed by atoms with Gasteiger partial charge in [-0.25, -0.2) is 31.9 Å². The third kappa shape index (κ3) is 5.34. The molecule has 0 saturated heterocycles. The first-order valence-corrected chi connectivity index (χ1v) is 10.1. The van der Waals surface area contributed by atoms with Gasteiger partial charge in [0.05, 0.1) is 0 Å². The molecule has 2 N–H and O–H groups in total. The number of rotatable bonds is 6. The Morgan fingerprint density at radius 3 is 2.10 bits per heavy atom. The van der Waals surface area contributed by atoms with Crippen molar-refractivity contribution in [2.75, 3.05) is 10.6 Å². The van der Waals surface area contributed by atoms with Crippen LogP contribution in [0.3, 0.4) is 0 Å². The molecule has 3 unspecified atom stereocenters. The maximum atomic E-state index is 14.2. The van der Waals surface area contributed by atoms with Gasteiger partial charge in [0.1, 0.15) is 11.4 Å². The second kappa shape index (κ2) is 8.12. The van der Waals surface area contributed by atoms with Crippen molar-refractivity contribution in [3.63, 3.8) is 0 Å². The Bertz CT molecular complexity index is 893. The van der Waals surface area contributed by atoms with Gasteiger partial charge >= 0.3 is 0 Å². The molecule has 31 heavy (non-hydrogen) atoms. The summed E-state index contributed by atoms with van der Waals surface area (Å²) < 4.78 is 67.4. The lowest BCUT2D eigenvalue weighted by molar-refractivity contribution is 0.00851. The van der Waals surface area contributed by atoms with Crippen molar-refractivity contribution in [1.82, 2.24) is 24.9 Å². The van der Waals surface area contributed by atoms with Crippen molar-refractivity contribution in [2.45, 2.75) is 75.5 Å². The molecule has 2 heterocycles. The Hall–Kier alpha value is -2.66. The molecule has 2 fully saturated rings. The molecule has 0 bridgehead atoms. The van der Waals surface area contributed by atoms with E-state index < -0.39 is 29.8 Å². The van der Waals surface area contributed by atoms with E-state index >= 15 is 0 Å². The maximum Gasteiger partial charge on any atom is 0.280 e. The average molecular weight is 443 g/mol. The molecule has 0 amide bonds. The first kappa shape index (κ1) is 21.6. The molecule has 3 atom stereocenters. The highest BCUT2D eigenvalue weighted by molar-refractivity contribution is 5.50. The van der Waals surface area contributed by atoms with Crippen molar-refractivity contribution in [3.05, 3.63) is 18.0 Å². The molecule has 2 saturated carbocycles. The van der Waals surface area contributed by atoms with Crippen molar-refractivity contribution in [2.24, 2.45) is 0 Å². The van der Waals surface area contributed by atoms with Gasteiger partial charge in [-0.2, -0.15) is 15.0 Å². The van der Waals surface area contributed by atoms with Crippen LogP contribution in [0.4, 0.5) is 33.8 Å². The number of aromatic nitrogens is 5. The van der Waals surface area contributed by atoms with Crippen LogP contribution in [-0.2, 0) is 0 Å². The monoisotopic (exact) mass is 443 g/mol. The quantitative estimate of drug-likeness (QED) is 0.633. The zero-order valence-corrected chi connectivity index (χ0v) is 16.8. The molecule has 7 nitrogen and oxygen atoms in total. The average Bonchev–Trinajstić information content (AvgIpc) is 3.21. The predicted molar refractivity (Wildman–Crippen MR) is 103 cm³/mol. The molecule has 4 rings (SSSR count). The third-order valence-corrected chi connectivity index (χ3v) is 5.49. The summed E-state index contributed by atoms with van der Waals surface area (Å²) in [5.41, 5.74) is -1.80. The minimum Gasteiger partial charge on any atom is -0.351 e. The van der Waals surface area contributed by atoms with Gasteiger partial charge in [-0.1, -0.05) is 0 Å². The van der Waals surface area contributed by atoms with Gasteiger partial charge in [-0.15, -0.1) is 0 Å². The summed E-state index contributed by atoms with van der Waals surface area (Å²) >= 11 is 0. The van der Waals surface area contributed by atoms with Gasteiger partial charge in [0.2, 0.25) is 23.6 Å². The first-order chi connectivity index (χ1) is 14.6. The zero-order chi connectivity index (χ0) is 22.2. The van der Waals surface area contributed by atoms with E-state index in [1.54, 1.807) is 0 Å². The van der Waals surface area contributed by atoms with E-state index in [1.807, 2.05) is 0 Å². The van der Waals surface area contributed by atoms with Gasteiger partial charge in [-0.3, -0.25) is 0 Å². The van der Waals surface area contributed by atoms with E-state index in [0.717, 1.165) is 12.3 Å². The molecule has 2 aliphatic rings. The largest absolute Gasteiger partial charge is 0.351 e. The maximum absolute atomic E-state index is 14.2. The van der Waals surface area contributed by atoms with Crippen molar-refractivity contribution < 1.29 is 22.0 Å². The van der Waals surface area contributed by atoms with Gasteiger partial charge in [0, 0.05) is 37.5 Å². The molecule has 12 heteroatoms. The van der Waals surface area contributed by atoms with Crippen LogP contribution in [0.25, 0.3) is 11.6 Å². The second-order valence-electron chi connectivity index (χ2n) is 8.35. The summed E-state index contributed by atoms with van der Waals surface area (Å²) in [6.07, 6.45) is -0.828. The first-order valence-electron chi connectivity index (χ1n) is 10.1. The number of nitrogens with zero attached hydrogens (tertiary/aromatic N) is 5. The van der Waals surface area contributed by atoms with Gasteiger partial charge in [0.25, 0.3) is 6.43 Å². The van der Waals surface area contributed by atoms with Crippen LogP contribution in [0.2, 0.25) is 0 Å². The van der Waals surface area contributed by atoms with Crippen molar-refractivity contribution >= 4 is 11.9 Å². The topological polar surface area (TPSA) is 88.5 Å². The Balaban J connectivity index is 1.62. The van der Waals surface area contributed by atoms with Crippen LogP contribution in [0.5, 0.6) is 0 Å². The molecule has 0 radical (unpaired) electrons. The van der Waals surface area contributed by atoms with E-state index in [9.17, 15) is 22.0 Å². The van der Waals surface area contributed by atoms with E-state index in [1.165, 1.54) is 6.92 Å². The number of alkyl halides is 5. The molecule has 0 aromatic carbocycles. The highest BCUT2D eigenvalue weighted by Gasteiger charge is 2.40. The van der Waals surface area contributed by atoms with Crippen LogP contribution >= 0.6 is 0 Å². The Morgan fingerprint density at radius 1 is 0.903 bits per heavy atom. The molecule has 168 valence electrons. The third-order valence-electron chi connectivity index (χ3n) is 5.49. The van der Waals surface area contributed by atoms with Crippen molar-refractivity contribution in [1.29, 1.82) is 0 Å². The van der Waals surface area contributed by atoms with Crippen LogP contribution in [-0.4, -0.2) is 48.6 Å². The Labute approximate surface area is 175 Å². The van der Waals surface area contributed by atoms with Crippen LogP contribution in [0, 0.1) is 0 Å². The van der Waals surface area contributed by atoms with Gasteiger partial charge in [-0.05, 0) is 32.3 Å². The van der Waals surface area contributed by atoms with E-state index in [-0.39, 0.29) is 55.3 Å². The SMILES string of the molecule is CC1(F)CCC(Nc2nc(NC3CCC(F)(F)C3)nc(-c3nccc(C(F)F)n3)n2)C1. The molecule has 2 aromatic rings. The van der Waals surface area contributed by atoms with E-state index in [2.05, 4.69) is 35.6 Å². The van der Waals surface area contributed by atoms with E-state index in [0.29, 0.717) is 12.8 Å². The van der Waals surface area contributed by atoms with Crippen LogP contribution in [0.15, 0.2) is 12.3 Å². The number of nitrogens with one attached hydrogen (secondary N) is 2. The fraction of sp³-hybridized carbons (Fsp3) is 0.632. The molecular formula is C19H22F5N7. The Kier molecular flexibility index (Phi) is 5.65. The summed E-state index contributed by atoms with van der Waals surface area (Å²) in [4.78, 5) is 20.3. The van der Waals surface area contributed by atoms with Crippen molar-refractivity contribution in [3.8, 4) is 11.6 Å². The lowest BCUT2D eigenvalue weighted by Gasteiger charge is -2.17. The standard InChI is InChI=1S/C19H22F5N7/c1-18(22)5-2-10(8-18)26-16-29-15(14-25-7-4-12(28-14)13(20)21)30-17(31-16)27-11-3-6-19(23,24)9-11/h4,7,10-11,13H,2-3,5-6,8-9H2,1H3,(H2,26,27,29,30,31). The highest BCUT2D eigenvalue weighted by Crippen LogP contribution is 2.37. The fourth-order valence-corrected chi connectivity index (χ4v) is 3.96. The zero-order valence-electron chi connectivity index (χ0n) is 16.8. The lowest BCUT2D eigenvalue weighted by Crippen LogP contribution is -2.24. The Morgan fingerprint density at radius 2 is 1.55 bits per heavy atom. The van der Waals surface area contributed by atoms with Gasteiger partial charge in [0.15, 0.2) is 5.82 Å². The van der Waals surface area contributed by atoms with Crippen LogP contribution < -0.4 is 10.6 Å². The molecule has 0 spiro atoms. The normalized spacial score (nSPS) is 27.6. The molecule has 0 aliphatic heterocycles. The lowest BCUT2D eigenvalue weighted by atomic mass is 10.1. The minimum atomic E-state index is -2.81. The predicted octanol–water partition coefficient (Wildman–Crippen LogP) is 4.56.